The highest BCUT2D eigenvalue weighted by atomic mass is 35.5. The number of esters is 1. The van der Waals surface area contributed by atoms with Gasteiger partial charge in [0, 0.05) is 5.03 Å². The van der Waals surface area contributed by atoms with Gasteiger partial charge in [0.25, 0.3) is 0 Å². The minimum atomic E-state index is -0.190. The third-order valence-corrected chi connectivity index (χ3v) is 1.55. The lowest BCUT2D eigenvalue weighted by molar-refractivity contribution is -0.143. The van der Waals surface area contributed by atoms with Gasteiger partial charge < -0.3 is 4.74 Å². The molecule has 0 fully saturated rings. The van der Waals surface area contributed by atoms with E-state index in [0.717, 1.165) is 12.8 Å². The van der Waals surface area contributed by atoms with Crippen molar-refractivity contribution in [3.05, 3.63) is 11.6 Å². The summed E-state index contributed by atoms with van der Waals surface area (Å²) in [5.74, 6) is -0.190. The molecular formula is C9H15ClO2. The fraction of sp³-hybridized carbons (Fsp3) is 0.667. The molecule has 0 atom stereocenters. The number of hydrogen-bond acceptors (Lipinski definition) is 2. The van der Waals surface area contributed by atoms with Gasteiger partial charge in [-0.1, -0.05) is 31.5 Å². The van der Waals surface area contributed by atoms with Gasteiger partial charge in [-0.15, -0.1) is 0 Å². The molecule has 0 aliphatic rings. The first-order valence-electron chi connectivity index (χ1n) is 4.15. The minimum absolute atomic E-state index is 0.190. The maximum Gasteiger partial charge on any atom is 0.306 e. The van der Waals surface area contributed by atoms with Gasteiger partial charge in [0.2, 0.25) is 0 Å². The zero-order valence-corrected chi connectivity index (χ0v) is 8.19. The Morgan fingerprint density at radius 2 is 2.17 bits per heavy atom. The molecule has 2 nitrogen and oxygen atoms in total. The highest BCUT2D eigenvalue weighted by molar-refractivity contribution is 6.29. The number of hydrogen-bond donors (Lipinski definition) is 0. The lowest BCUT2D eigenvalue weighted by Gasteiger charge is -2.02. The molecule has 0 heterocycles. The average molecular weight is 191 g/mol. The molecule has 0 aliphatic carbocycles. The number of carbonyl (C=O) groups is 1. The third-order valence-electron chi connectivity index (χ3n) is 1.36. The molecule has 0 radical (unpaired) electrons. The molecule has 0 saturated carbocycles. The van der Waals surface area contributed by atoms with E-state index in [1.54, 1.807) is 0 Å². The molecule has 0 aromatic heterocycles. The number of halogens is 1. The van der Waals surface area contributed by atoms with Crippen LogP contribution >= 0.6 is 11.6 Å². The molecule has 0 rings (SSSR count). The normalized spacial score (nSPS) is 9.50. The smallest absolute Gasteiger partial charge is 0.306 e. The van der Waals surface area contributed by atoms with Crippen LogP contribution in [0.2, 0.25) is 0 Å². The molecule has 3 heteroatoms. The predicted molar refractivity (Wildman–Crippen MR) is 50.1 cm³/mol. The van der Waals surface area contributed by atoms with E-state index in [1.165, 1.54) is 0 Å². The number of unbranched alkanes of at least 4 members (excludes halogenated alkanes) is 1. The van der Waals surface area contributed by atoms with E-state index < -0.39 is 0 Å². The van der Waals surface area contributed by atoms with Gasteiger partial charge >= 0.3 is 5.97 Å². The summed E-state index contributed by atoms with van der Waals surface area (Å²) in [6, 6.07) is 0. The number of rotatable bonds is 6. The quantitative estimate of drug-likeness (QED) is 0.476. The lowest BCUT2D eigenvalue weighted by atomic mass is 10.3. The summed E-state index contributed by atoms with van der Waals surface area (Å²) < 4.78 is 4.89. The number of carbonyl (C=O) groups excluding carboxylic acids is 1. The highest BCUT2D eigenvalue weighted by Gasteiger charge is 2.01. The second-order valence-corrected chi connectivity index (χ2v) is 3.13. The molecule has 0 aromatic carbocycles. The van der Waals surface area contributed by atoms with Crippen molar-refractivity contribution in [2.75, 3.05) is 6.61 Å². The van der Waals surface area contributed by atoms with E-state index in [-0.39, 0.29) is 5.97 Å². The highest BCUT2D eigenvalue weighted by Crippen LogP contribution is 2.07. The summed E-state index contributed by atoms with van der Waals surface area (Å²) in [6.45, 7) is 6.05. The van der Waals surface area contributed by atoms with Crippen molar-refractivity contribution < 1.29 is 9.53 Å². The summed E-state index contributed by atoms with van der Waals surface area (Å²) >= 11 is 5.48. The summed E-state index contributed by atoms with van der Waals surface area (Å²) in [5.41, 5.74) is 0. The van der Waals surface area contributed by atoms with Gasteiger partial charge in [0.15, 0.2) is 0 Å². The van der Waals surface area contributed by atoms with Crippen molar-refractivity contribution >= 4 is 17.6 Å². The van der Waals surface area contributed by atoms with Gasteiger partial charge in [-0.05, 0) is 12.8 Å². The maximum absolute atomic E-state index is 10.9. The first-order chi connectivity index (χ1) is 5.66. The van der Waals surface area contributed by atoms with Crippen molar-refractivity contribution in [1.29, 1.82) is 0 Å². The Kier molecular flexibility index (Phi) is 6.87. The van der Waals surface area contributed by atoms with E-state index in [4.69, 9.17) is 16.3 Å². The third kappa shape index (κ3) is 7.61. The van der Waals surface area contributed by atoms with E-state index in [9.17, 15) is 4.79 Å². The molecular weight excluding hydrogens is 176 g/mol. The summed E-state index contributed by atoms with van der Waals surface area (Å²) in [7, 11) is 0. The summed E-state index contributed by atoms with van der Waals surface area (Å²) in [6.07, 6.45) is 2.81. The molecule has 0 spiro atoms. The van der Waals surface area contributed by atoms with Crippen LogP contribution in [0.25, 0.3) is 0 Å². The standard InChI is InChI=1S/C9H15ClO2/c1-3-4-7-12-9(11)6-5-8(2)10/h2-7H2,1H3. The van der Waals surface area contributed by atoms with Gasteiger partial charge in [-0.25, -0.2) is 0 Å². The summed E-state index contributed by atoms with van der Waals surface area (Å²) in [5, 5.41) is 0.502. The fourth-order valence-electron chi connectivity index (χ4n) is 0.640. The van der Waals surface area contributed by atoms with Crippen LogP contribution in [0.1, 0.15) is 32.6 Å². The van der Waals surface area contributed by atoms with Crippen LogP contribution in [0.5, 0.6) is 0 Å². The zero-order valence-electron chi connectivity index (χ0n) is 7.44. The van der Waals surface area contributed by atoms with E-state index in [2.05, 4.69) is 13.5 Å². The molecule has 0 saturated heterocycles. The van der Waals surface area contributed by atoms with Crippen molar-refractivity contribution in [1.82, 2.24) is 0 Å². The molecule has 0 bridgehead atoms. The largest absolute Gasteiger partial charge is 0.466 e. The maximum atomic E-state index is 10.9. The molecule has 0 aliphatic heterocycles. The van der Waals surface area contributed by atoms with E-state index >= 15 is 0 Å². The Labute approximate surface area is 78.5 Å². The predicted octanol–water partition coefficient (Wildman–Crippen LogP) is 2.86. The average Bonchev–Trinajstić information content (AvgIpc) is 2.01. The van der Waals surface area contributed by atoms with Crippen LogP contribution in [0.3, 0.4) is 0 Å². The monoisotopic (exact) mass is 190 g/mol. The SMILES string of the molecule is C=C(Cl)CCC(=O)OCCCC. The Hall–Kier alpha value is -0.500. The van der Waals surface area contributed by atoms with Crippen LogP contribution < -0.4 is 0 Å². The van der Waals surface area contributed by atoms with Gasteiger partial charge in [-0.2, -0.15) is 0 Å². The number of ether oxygens (including phenoxy) is 1. The Morgan fingerprint density at radius 1 is 1.50 bits per heavy atom. The van der Waals surface area contributed by atoms with Crippen molar-refractivity contribution in [3.63, 3.8) is 0 Å². The Balaban J connectivity index is 3.28. The molecule has 0 aromatic rings. The fourth-order valence-corrected chi connectivity index (χ4v) is 0.735. The van der Waals surface area contributed by atoms with Crippen LogP contribution in [-0.4, -0.2) is 12.6 Å². The van der Waals surface area contributed by atoms with Crippen molar-refractivity contribution in [2.45, 2.75) is 32.6 Å². The topological polar surface area (TPSA) is 26.3 Å². The summed E-state index contributed by atoms with van der Waals surface area (Å²) in [4.78, 5) is 10.9. The molecule has 12 heavy (non-hydrogen) atoms. The van der Waals surface area contributed by atoms with Gasteiger partial charge in [0.05, 0.1) is 13.0 Å². The van der Waals surface area contributed by atoms with E-state index in [1.807, 2.05) is 0 Å². The molecule has 0 amide bonds. The van der Waals surface area contributed by atoms with Crippen molar-refractivity contribution in [2.24, 2.45) is 0 Å². The van der Waals surface area contributed by atoms with E-state index in [0.29, 0.717) is 24.5 Å². The Morgan fingerprint density at radius 3 is 2.67 bits per heavy atom. The van der Waals surface area contributed by atoms with Crippen LogP contribution in [0.4, 0.5) is 0 Å². The Bertz CT molecular complexity index is 155. The molecule has 0 N–H and O–H groups in total. The first-order valence-corrected chi connectivity index (χ1v) is 4.53. The van der Waals surface area contributed by atoms with Gasteiger partial charge in [0.1, 0.15) is 0 Å². The zero-order chi connectivity index (χ0) is 9.40. The van der Waals surface area contributed by atoms with Crippen LogP contribution in [0.15, 0.2) is 11.6 Å². The van der Waals surface area contributed by atoms with Gasteiger partial charge in [-0.3, -0.25) is 4.79 Å². The lowest BCUT2D eigenvalue weighted by Crippen LogP contribution is -2.05. The second kappa shape index (κ2) is 7.17. The first kappa shape index (κ1) is 11.5. The van der Waals surface area contributed by atoms with Crippen LogP contribution in [0, 0.1) is 0 Å². The number of allylic oxidation sites excluding steroid dienone is 1. The van der Waals surface area contributed by atoms with Crippen LogP contribution in [-0.2, 0) is 9.53 Å². The minimum Gasteiger partial charge on any atom is -0.466 e. The molecule has 0 unspecified atom stereocenters. The second-order valence-electron chi connectivity index (χ2n) is 2.59. The molecule has 70 valence electrons. The van der Waals surface area contributed by atoms with Crippen molar-refractivity contribution in [3.8, 4) is 0 Å².